The van der Waals surface area contributed by atoms with Crippen LogP contribution in [-0.2, 0) is 11.3 Å². The van der Waals surface area contributed by atoms with Crippen LogP contribution in [0.5, 0.6) is 0 Å². The fourth-order valence-electron chi connectivity index (χ4n) is 4.11. The molecule has 0 radical (unpaired) electrons. The predicted octanol–water partition coefficient (Wildman–Crippen LogP) is 2.07. The van der Waals surface area contributed by atoms with Gasteiger partial charge in [0.1, 0.15) is 17.7 Å². The topological polar surface area (TPSA) is 96.8 Å². The van der Waals surface area contributed by atoms with Gasteiger partial charge in [-0.05, 0) is 48.6 Å². The van der Waals surface area contributed by atoms with Crippen LogP contribution in [-0.4, -0.2) is 48.9 Å². The zero-order chi connectivity index (χ0) is 19.8. The standard InChI is InChI=1S/C21H20N6O2/c28-19(13-27-21(29)16-4-1-2-6-18(16)24-25-27)26-10-7-14(8-11-26)17-12-23-20-15(17)5-3-9-22-20/h1-6,9,12,14H,7-8,10-11,13H2,(H,22,23). The third kappa shape index (κ3) is 3.16. The number of aromatic nitrogens is 5. The van der Waals surface area contributed by atoms with Gasteiger partial charge in [0, 0.05) is 30.9 Å². The number of H-pyrrole nitrogens is 1. The summed E-state index contributed by atoms with van der Waals surface area (Å²) in [4.78, 5) is 34.7. The fourth-order valence-corrected chi connectivity index (χ4v) is 4.11. The number of hydrogen-bond donors (Lipinski definition) is 1. The van der Waals surface area contributed by atoms with E-state index in [4.69, 9.17) is 0 Å². The number of carbonyl (C=O) groups excluding carboxylic acids is 1. The maximum Gasteiger partial charge on any atom is 0.278 e. The van der Waals surface area contributed by atoms with Crippen molar-refractivity contribution in [2.75, 3.05) is 13.1 Å². The molecule has 4 heterocycles. The van der Waals surface area contributed by atoms with E-state index in [9.17, 15) is 9.59 Å². The molecule has 1 aliphatic heterocycles. The van der Waals surface area contributed by atoms with Crippen molar-refractivity contribution in [1.29, 1.82) is 0 Å². The maximum atomic E-state index is 12.7. The minimum atomic E-state index is -0.287. The quantitative estimate of drug-likeness (QED) is 0.580. The molecule has 8 heteroatoms. The van der Waals surface area contributed by atoms with Gasteiger partial charge in [0.15, 0.2) is 0 Å². The molecule has 4 aromatic rings. The van der Waals surface area contributed by atoms with E-state index >= 15 is 0 Å². The Balaban J connectivity index is 1.28. The zero-order valence-corrected chi connectivity index (χ0v) is 15.8. The summed E-state index contributed by atoms with van der Waals surface area (Å²) in [6.07, 6.45) is 5.57. The molecule has 1 saturated heterocycles. The number of fused-ring (bicyclic) bond motifs is 2. The molecule has 146 valence electrons. The van der Waals surface area contributed by atoms with Crippen molar-refractivity contribution in [1.82, 2.24) is 29.9 Å². The van der Waals surface area contributed by atoms with Gasteiger partial charge in [-0.1, -0.05) is 17.3 Å². The molecule has 1 fully saturated rings. The first-order chi connectivity index (χ1) is 14.2. The highest BCUT2D eigenvalue weighted by atomic mass is 16.2. The number of benzene rings is 1. The van der Waals surface area contributed by atoms with Crippen LogP contribution in [0, 0.1) is 0 Å². The molecule has 1 aromatic carbocycles. The van der Waals surface area contributed by atoms with E-state index in [2.05, 4.69) is 26.3 Å². The summed E-state index contributed by atoms with van der Waals surface area (Å²) in [6.45, 7) is 1.23. The summed E-state index contributed by atoms with van der Waals surface area (Å²) in [5.41, 5.74) is 2.41. The summed E-state index contributed by atoms with van der Waals surface area (Å²) in [5.74, 6) is 0.288. The van der Waals surface area contributed by atoms with E-state index in [0.29, 0.717) is 29.9 Å². The molecular weight excluding hydrogens is 368 g/mol. The number of nitrogens with zero attached hydrogens (tertiary/aromatic N) is 5. The second kappa shape index (κ2) is 7.12. The Morgan fingerprint density at radius 1 is 1.10 bits per heavy atom. The minimum absolute atomic E-state index is 0.0850. The fraction of sp³-hybridized carbons (Fsp3) is 0.286. The molecule has 0 unspecified atom stereocenters. The lowest BCUT2D eigenvalue weighted by Gasteiger charge is -2.32. The average molecular weight is 388 g/mol. The maximum absolute atomic E-state index is 12.7. The van der Waals surface area contributed by atoms with E-state index < -0.39 is 0 Å². The number of rotatable bonds is 3. The molecule has 1 N–H and O–H groups in total. The molecule has 0 bridgehead atoms. The van der Waals surface area contributed by atoms with Crippen molar-refractivity contribution in [3.8, 4) is 0 Å². The molecule has 1 amide bonds. The molecule has 0 aliphatic carbocycles. The van der Waals surface area contributed by atoms with Gasteiger partial charge in [0.2, 0.25) is 5.91 Å². The zero-order valence-electron chi connectivity index (χ0n) is 15.8. The number of amides is 1. The van der Waals surface area contributed by atoms with Crippen molar-refractivity contribution in [3.05, 3.63) is 64.7 Å². The molecule has 0 spiro atoms. The molecule has 0 atom stereocenters. The summed E-state index contributed by atoms with van der Waals surface area (Å²) < 4.78 is 1.15. The van der Waals surface area contributed by atoms with Gasteiger partial charge in [-0.25, -0.2) is 9.67 Å². The highest BCUT2D eigenvalue weighted by molar-refractivity contribution is 5.80. The number of hydrogen-bond acceptors (Lipinski definition) is 5. The number of pyridine rings is 1. The number of carbonyl (C=O) groups is 1. The van der Waals surface area contributed by atoms with Crippen LogP contribution in [0.25, 0.3) is 21.9 Å². The summed E-state index contributed by atoms with van der Waals surface area (Å²) in [5, 5.41) is 9.60. The molecular formula is C21H20N6O2. The summed E-state index contributed by atoms with van der Waals surface area (Å²) >= 11 is 0. The first-order valence-corrected chi connectivity index (χ1v) is 9.73. The highest BCUT2D eigenvalue weighted by Gasteiger charge is 2.26. The van der Waals surface area contributed by atoms with E-state index in [0.717, 1.165) is 28.6 Å². The average Bonchev–Trinajstić information content (AvgIpc) is 3.20. The number of aromatic amines is 1. The molecule has 5 rings (SSSR count). The van der Waals surface area contributed by atoms with E-state index in [1.165, 1.54) is 5.56 Å². The second-order valence-corrected chi connectivity index (χ2v) is 7.37. The van der Waals surface area contributed by atoms with Crippen LogP contribution in [0.3, 0.4) is 0 Å². The lowest BCUT2D eigenvalue weighted by atomic mass is 9.89. The highest BCUT2D eigenvalue weighted by Crippen LogP contribution is 2.32. The SMILES string of the molecule is O=C(Cn1nnc2ccccc2c1=O)N1CCC(c2c[nH]c3ncccc23)CC1. The number of likely N-dealkylation sites (tertiary alicyclic amines) is 1. The van der Waals surface area contributed by atoms with Gasteiger partial charge in [-0.15, -0.1) is 5.10 Å². The Morgan fingerprint density at radius 2 is 1.90 bits per heavy atom. The van der Waals surface area contributed by atoms with Crippen LogP contribution in [0.4, 0.5) is 0 Å². The Hall–Kier alpha value is -3.55. The molecule has 3 aromatic heterocycles. The van der Waals surface area contributed by atoms with Gasteiger partial charge in [0.25, 0.3) is 5.56 Å². The number of piperidine rings is 1. The number of nitrogens with one attached hydrogen (secondary N) is 1. The van der Waals surface area contributed by atoms with Crippen molar-refractivity contribution in [2.45, 2.75) is 25.3 Å². The van der Waals surface area contributed by atoms with Crippen LogP contribution in [0.1, 0.15) is 24.3 Å². The van der Waals surface area contributed by atoms with E-state index in [-0.39, 0.29) is 18.0 Å². The summed E-state index contributed by atoms with van der Waals surface area (Å²) in [6, 6.07) is 11.1. The monoisotopic (exact) mass is 388 g/mol. The van der Waals surface area contributed by atoms with E-state index in [1.54, 1.807) is 30.5 Å². The van der Waals surface area contributed by atoms with Crippen molar-refractivity contribution < 1.29 is 4.79 Å². The van der Waals surface area contributed by atoms with E-state index in [1.807, 2.05) is 17.2 Å². The molecule has 29 heavy (non-hydrogen) atoms. The van der Waals surface area contributed by atoms with Crippen LogP contribution >= 0.6 is 0 Å². The lowest BCUT2D eigenvalue weighted by Crippen LogP contribution is -2.41. The van der Waals surface area contributed by atoms with Crippen LogP contribution < -0.4 is 5.56 Å². The second-order valence-electron chi connectivity index (χ2n) is 7.37. The van der Waals surface area contributed by atoms with Crippen LogP contribution in [0.2, 0.25) is 0 Å². The van der Waals surface area contributed by atoms with Gasteiger partial charge in [-0.3, -0.25) is 9.59 Å². The minimum Gasteiger partial charge on any atom is -0.346 e. The Kier molecular flexibility index (Phi) is 4.31. The molecule has 0 saturated carbocycles. The first-order valence-electron chi connectivity index (χ1n) is 9.73. The normalized spacial score (nSPS) is 15.2. The summed E-state index contributed by atoms with van der Waals surface area (Å²) in [7, 11) is 0. The lowest BCUT2D eigenvalue weighted by molar-refractivity contribution is -0.133. The predicted molar refractivity (Wildman–Crippen MR) is 108 cm³/mol. The Bertz CT molecular complexity index is 1250. The van der Waals surface area contributed by atoms with Crippen molar-refractivity contribution >= 4 is 27.8 Å². The van der Waals surface area contributed by atoms with Gasteiger partial charge in [-0.2, -0.15) is 0 Å². The Morgan fingerprint density at radius 3 is 2.76 bits per heavy atom. The third-order valence-electron chi connectivity index (χ3n) is 5.68. The van der Waals surface area contributed by atoms with Gasteiger partial charge >= 0.3 is 0 Å². The molecule has 1 aliphatic rings. The van der Waals surface area contributed by atoms with Crippen LogP contribution in [0.15, 0.2) is 53.6 Å². The molecule has 8 nitrogen and oxygen atoms in total. The van der Waals surface area contributed by atoms with Gasteiger partial charge < -0.3 is 9.88 Å². The largest absolute Gasteiger partial charge is 0.346 e. The third-order valence-corrected chi connectivity index (χ3v) is 5.68. The first kappa shape index (κ1) is 17.5. The van der Waals surface area contributed by atoms with Crippen molar-refractivity contribution in [2.24, 2.45) is 0 Å². The smallest absolute Gasteiger partial charge is 0.278 e. The Labute approximate surface area is 166 Å². The van der Waals surface area contributed by atoms with Gasteiger partial charge in [0.05, 0.1) is 5.39 Å². The van der Waals surface area contributed by atoms with Crippen molar-refractivity contribution in [3.63, 3.8) is 0 Å².